The van der Waals surface area contributed by atoms with Crippen molar-refractivity contribution in [2.45, 2.75) is 45.1 Å². The van der Waals surface area contributed by atoms with Crippen LogP contribution in [0.1, 0.15) is 39.0 Å². The molecule has 3 nitrogen and oxygen atoms in total. The first kappa shape index (κ1) is 13.2. The summed E-state index contributed by atoms with van der Waals surface area (Å²) in [6.07, 6.45) is 8.21. The van der Waals surface area contributed by atoms with Crippen molar-refractivity contribution in [2.75, 3.05) is 13.1 Å². The van der Waals surface area contributed by atoms with Crippen LogP contribution in [0.25, 0.3) is 0 Å². The van der Waals surface area contributed by atoms with E-state index in [1.54, 1.807) is 6.08 Å². The Morgan fingerprint density at radius 1 is 1.50 bits per heavy atom. The Bertz CT molecular complexity index is 234. The van der Waals surface area contributed by atoms with Gasteiger partial charge in [-0.1, -0.05) is 25.3 Å². The summed E-state index contributed by atoms with van der Waals surface area (Å²) in [6, 6.07) is 0.356. The molecule has 1 aliphatic rings. The van der Waals surface area contributed by atoms with Crippen LogP contribution < -0.4 is 0 Å². The van der Waals surface area contributed by atoms with Gasteiger partial charge in [0, 0.05) is 12.6 Å². The molecule has 1 fully saturated rings. The second-order valence-electron chi connectivity index (χ2n) is 4.75. The minimum atomic E-state index is -0.746. The molecule has 0 bridgehead atoms. The third-order valence-corrected chi connectivity index (χ3v) is 3.61. The van der Waals surface area contributed by atoms with Crippen molar-refractivity contribution >= 4 is 5.97 Å². The molecule has 92 valence electrons. The monoisotopic (exact) mass is 225 g/mol. The lowest BCUT2D eigenvalue weighted by Crippen LogP contribution is -2.42. The zero-order valence-electron chi connectivity index (χ0n) is 10.2. The Kier molecular flexibility index (Phi) is 5.53. The molecule has 0 aromatic carbocycles. The summed E-state index contributed by atoms with van der Waals surface area (Å²) in [5.41, 5.74) is 0. The molecule has 0 heterocycles. The fraction of sp³-hybridized carbons (Fsp3) is 0.769. The number of hydrogen-bond donors (Lipinski definition) is 1. The van der Waals surface area contributed by atoms with Gasteiger partial charge in [0.25, 0.3) is 0 Å². The van der Waals surface area contributed by atoms with Gasteiger partial charge in [-0.15, -0.1) is 6.58 Å². The van der Waals surface area contributed by atoms with E-state index in [1.165, 1.54) is 32.1 Å². The number of carbonyl (C=O) groups is 1. The standard InChI is InChI=1S/C13H23NO2/c1-3-9-14(10-13(15)16)11(2)12-7-5-4-6-8-12/h3,11-12H,1,4-10H2,2H3,(H,15,16). The molecule has 0 aromatic rings. The maximum Gasteiger partial charge on any atom is 0.317 e. The third-order valence-electron chi connectivity index (χ3n) is 3.61. The second kappa shape index (κ2) is 6.69. The molecule has 1 atom stereocenters. The lowest BCUT2D eigenvalue weighted by molar-refractivity contribution is -0.139. The van der Waals surface area contributed by atoms with Crippen LogP contribution in [0, 0.1) is 5.92 Å². The number of carboxylic acids is 1. The lowest BCUT2D eigenvalue weighted by Gasteiger charge is -2.35. The highest BCUT2D eigenvalue weighted by Gasteiger charge is 2.25. The summed E-state index contributed by atoms with van der Waals surface area (Å²) in [4.78, 5) is 12.8. The molecule has 0 saturated heterocycles. The van der Waals surface area contributed by atoms with Crippen LogP contribution in [0.15, 0.2) is 12.7 Å². The van der Waals surface area contributed by atoms with Crippen LogP contribution in [0.3, 0.4) is 0 Å². The summed E-state index contributed by atoms with van der Waals surface area (Å²) in [7, 11) is 0. The molecular formula is C13H23NO2. The van der Waals surface area contributed by atoms with Crippen LogP contribution in [0.2, 0.25) is 0 Å². The molecule has 0 aliphatic heterocycles. The normalized spacial score (nSPS) is 19.6. The van der Waals surface area contributed by atoms with Gasteiger partial charge in [0.2, 0.25) is 0 Å². The van der Waals surface area contributed by atoms with Crippen molar-refractivity contribution in [3.05, 3.63) is 12.7 Å². The van der Waals surface area contributed by atoms with Crippen molar-refractivity contribution < 1.29 is 9.90 Å². The first-order valence-electron chi connectivity index (χ1n) is 6.22. The van der Waals surface area contributed by atoms with Crippen LogP contribution in [-0.2, 0) is 4.79 Å². The van der Waals surface area contributed by atoms with Gasteiger partial charge in [-0.2, -0.15) is 0 Å². The summed E-state index contributed by atoms with van der Waals surface area (Å²) in [5, 5.41) is 8.88. The molecule has 1 rings (SSSR count). The Labute approximate surface area is 98.1 Å². The molecule has 16 heavy (non-hydrogen) atoms. The van der Waals surface area contributed by atoms with Crippen molar-refractivity contribution in [2.24, 2.45) is 5.92 Å². The van der Waals surface area contributed by atoms with Gasteiger partial charge in [-0.25, -0.2) is 0 Å². The third kappa shape index (κ3) is 3.97. The average molecular weight is 225 g/mol. The molecule has 0 amide bonds. The molecule has 0 spiro atoms. The minimum absolute atomic E-state index is 0.129. The Morgan fingerprint density at radius 2 is 2.12 bits per heavy atom. The Morgan fingerprint density at radius 3 is 2.62 bits per heavy atom. The molecule has 0 radical (unpaired) electrons. The summed E-state index contributed by atoms with van der Waals surface area (Å²) >= 11 is 0. The molecular weight excluding hydrogens is 202 g/mol. The molecule has 0 aromatic heterocycles. The first-order chi connectivity index (χ1) is 7.65. The van der Waals surface area contributed by atoms with Gasteiger partial charge in [-0.3, -0.25) is 9.69 Å². The van der Waals surface area contributed by atoms with Crippen molar-refractivity contribution in [1.29, 1.82) is 0 Å². The zero-order valence-corrected chi connectivity index (χ0v) is 10.2. The topological polar surface area (TPSA) is 40.5 Å². The fourth-order valence-corrected chi connectivity index (χ4v) is 2.63. The Balaban J connectivity index is 2.53. The number of hydrogen-bond acceptors (Lipinski definition) is 2. The molecule has 1 saturated carbocycles. The summed E-state index contributed by atoms with van der Waals surface area (Å²) < 4.78 is 0. The van der Waals surface area contributed by atoms with Gasteiger partial charge in [-0.05, 0) is 25.7 Å². The maximum atomic E-state index is 10.8. The van der Waals surface area contributed by atoms with E-state index in [4.69, 9.17) is 5.11 Å². The zero-order chi connectivity index (χ0) is 12.0. The van der Waals surface area contributed by atoms with Crippen LogP contribution in [0.4, 0.5) is 0 Å². The van der Waals surface area contributed by atoms with E-state index in [0.29, 0.717) is 18.5 Å². The van der Waals surface area contributed by atoms with Gasteiger partial charge in [0.1, 0.15) is 0 Å². The number of aliphatic carboxylic acids is 1. The highest BCUT2D eigenvalue weighted by Crippen LogP contribution is 2.28. The predicted molar refractivity (Wildman–Crippen MR) is 65.4 cm³/mol. The maximum absolute atomic E-state index is 10.8. The van der Waals surface area contributed by atoms with Gasteiger partial charge < -0.3 is 5.11 Å². The van der Waals surface area contributed by atoms with Gasteiger partial charge in [0.15, 0.2) is 0 Å². The predicted octanol–water partition coefficient (Wildman–Crippen LogP) is 2.53. The second-order valence-corrected chi connectivity index (χ2v) is 4.75. The number of carboxylic acid groups (broad SMARTS) is 1. The smallest absolute Gasteiger partial charge is 0.317 e. The number of nitrogens with zero attached hydrogens (tertiary/aromatic N) is 1. The van der Waals surface area contributed by atoms with E-state index in [2.05, 4.69) is 13.5 Å². The van der Waals surface area contributed by atoms with E-state index in [-0.39, 0.29) is 6.54 Å². The van der Waals surface area contributed by atoms with Gasteiger partial charge >= 0.3 is 5.97 Å². The highest BCUT2D eigenvalue weighted by molar-refractivity contribution is 5.69. The van der Waals surface area contributed by atoms with Gasteiger partial charge in [0.05, 0.1) is 6.54 Å². The van der Waals surface area contributed by atoms with Crippen LogP contribution in [0.5, 0.6) is 0 Å². The quantitative estimate of drug-likeness (QED) is 0.706. The lowest BCUT2D eigenvalue weighted by atomic mass is 9.84. The average Bonchev–Trinajstić information content (AvgIpc) is 2.28. The van der Waals surface area contributed by atoms with Crippen molar-refractivity contribution in [3.8, 4) is 0 Å². The molecule has 1 N–H and O–H groups in total. The largest absolute Gasteiger partial charge is 0.480 e. The highest BCUT2D eigenvalue weighted by atomic mass is 16.4. The van der Waals surface area contributed by atoms with Crippen LogP contribution >= 0.6 is 0 Å². The van der Waals surface area contributed by atoms with E-state index in [9.17, 15) is 4.79 Å². The van der Waals surface area contributed by atoms with E-state index < -0.39 is 5.97 Å². The van der Waals surface area contributed by atoms with E-state index in [0.717, 1.165) is 0 Å². The molecule has 3 heteroatoms. The fourth-order valence-electron chi connectivity index (χ4n) is 2.63. The van der Waals surface area contributed by atoms with Crippen molar-refractivity contribution in [1.82, 2.24) is 4.90 Å². The SMILES string of the molecule is C=CCN(CC(=O)O)C(C)C1CCCCC1. The summed E-state index contributed by atoms with van der Waals surface area (Å²) in [6.45, 7) is 6.66. The van der Waals surface area contributed by atoms with E-state index >= 15 is 0 Å². The number of rotatable bonds is 6. The first-order valence-corrected chi connectivity index (χ1v) is 6.22. The van der Waals surface area contributed by atoms with E-state index in [1.807, 2.05) is 4.90 Å². The Hall–Kier alpha value is -0.830. The summed E-state index contributed by atoms with van der Waals surface area (Å²) in [5.74, 6) is -0.0856. The van der Waals surface area contributed by atoms with Crippen LogP contribution in [-0.4, -0.2) is 35.1 Å². The molecule has 1 unspecified atom stereocenters. The van der Waals surface area contributed by atoms with Crippen molar-refractivity contribution in [3.63, 3.8) is 0 Å². The molecule has 1 aliphatic carbocycles. The minimum Gasteiger partial charge on any atom is -0.480 e.